The van der Waals surface area contributed by atoms with Crippen LogP contribution in [0.3, 0.4) is 0 Å². The summed E-state index contributed by atoms with van der Waals surface area (Å²) in [7, 11) is 0. The summed E-state index contributed by atoms with van der Waals surface area (Å²) < 4.78 is 19.8. The minimum absolute atomic E-state index is 0.0634. The minimum atomic E-state index is -0.800. The Kier molecular flexibility index (Phi) is 12.0. The van der Waals surface area contributed by atoms with Gasteiger partial charge in [-0.2, -0.15) is 0 Å². The van der Waals surface area contributed by atoms with Gasteiger partial charge in [-0.1, -0.05) is 20.8 Å². The van der Waals surface area contributed by atoms with Gasteiger partial charge in [0, 0.05) is 25.2 Å². The average Bonchev–Trinajstić information content (AvgIpc) is 3.30. The van der Waals surface area contributed by atoms with Gasteiger partial charge in [-0.05, 0) is 125 Å². The second-order valence-corrected chi connectivity index (χ2v) is 14.3. The first-order chi connectivity index (χ1) is 19.7. The van der Waals surface area contributed by atoms with Gasteiger partial charge in [-0.25, -0.2) is 0 Å². The van der Waals surface area contributed by atoms with E-state index in [-0.39, 0.29) is 42.2 Å². The molecule has 6 N–H and O–H groups in total. The van der Waals surface area contributed by atoms with Gasteiger partial charge in [-0.3, -0.25) is 4.79 Å². The molecule has 0 saturated heterocycles. The predicted molar refractivity (Wildman–Crippen MR) is 160 cm³/mol. The van der Waals surface area contributed by atoms with E-state index in [4.69, 9.17) is 30.8 Å². The van der Waals surface area contributed by atoms with Crippen molar-refractivity contribution < 1.29 is 29.2 Å². The fourth-order valence-corrected chi connectivity index (χ4v) is 10.2. The van der Waals surface area contributed by atoms with E-state index in [9.17, 15) is 9.90 Å². The fourth-order valence-electron chi connectivity index (χ4n) is 10.2. The van der Waals surface area contributed by atoms with Crippen LogP contribution in [0.1, 0.15) is 97.8 Å². The Morgan fingerprint density at radius 2 is 1.66 bits per heavy atom. The summed E-state index contributed by atoms with van der Waals surface area (Å²) in [6.45, 7) is 10.7. The van der Waals surface area contributed by atoms with Crippen molar-refractivity contribution in [1.82, 2.24) is 0 Å². The number of rotatable bonds is 16. The average molecular weight is 581 g/mol. The van der Waals surface area contributed by atoms with E-state index in [1.54, 1.807) is 0 Å². The molecule has 41 heavy (non-hydrogen) atoms. The first kappa shape index (κ1) is 33.1. The molecule has 11 atom stereocenters. The molecule has 8 nitrogen and oxygen atoms in total. The quantitative estimate of drug-likeness (QED) is 0.194. The van der Waals surface area contributed by atoms with E-state index in [2.05, 4.69) is 20.8 Å². The molecule has 0 aliphatic heterocycles. The SMILES string of the molecule is C[C@H](CCCO)[C@H]1CC[C@H]2C3[C@H](OCCCN)CC4C[C@H](OCCC(=O)O)CCC4(C)[C@H]3C[C@H](OCCCN)[C@]12C. The minimum Gasteiger partial charge on any atom is -0.481 e. The Bertz CT molecular complexity index is 830. The van der Waals surface area contributed by atoms with Crippen molar-refractivity contribution in [3.63, 3.8) is 0 Å². The van der Waals surface area contributed by atoms with Crippen molar-refractivity contribution in [3.8, 4) is 0 Å². The summed E-state index contributed by atoms with van der Waals surface area (Å²) in [6.07, 6.45) is 12.0. The van der Waals surface area contributed by atoms with Crippen molar-refractivity contribution >= 4 is 5.97 Å². The summed E-state index contributed by atoms with van der Waals surface area (Å²) >= 11 is 0. The number of carboxylic acids is 1. The zero-order valence-corrected chi connectivity index (χ0v) is 26.1. The van der Waals surface area contributed by atoms with Crippen LogP contribution in [0.25, 0.3) is 0 Å². The van der Waals surface area contributed by atoms with Crippen LogP contribution in [0, 0.1) is 46.3 Å². The first-order valence-electron chi connectivity index (χ1n) is 16.8. The Morgan fingerprint density at radius 1 is 0.927 bits per heavy atom. The van der Waals surface area contributed by atoms with Crippen LogP contribution in [0.2, 0.25) is 0 Å². The van der Waals surface area contributed by atoms with E-state index < -0.39 is 5.97 Å². The van der Waals surface area contributed by atoms with Crippen LogP contribution < -0.4 is 11.5 Å². The third-order valence-corrected chi connectivity index (χ3v) is 12.3. The molecular weight excluding hydrogens is 520 g/mol. The van der Waals surface area contributed by atoms with Gasteiger partial charge in [0.2, 0.25) is 0 Å². The van der Waals surface area contributed by atoms with Crippen LogP contribution in [0.5, 0.6) is 0 Å². The lowest BCUT2D eigenvalue weighted by atomic mass is 9.43. The monoisotopic (exact) mass is 580 g/mol. The van der Waals surface area contributed by atoms with Crippen molar-refractivity contribution in [2.45, 2.75) is 116 Å². The van der Waals surface area contributed by atoms with Crippen LogP contribution in [-0.2, 0) is 19.0 Å². The number of aliphatic hydroxyl groups is 1. The van der Waals surface area contributed by atoms with Crippen molar-refractivity contribution in [1.29, 1.82) is 0 Å². The number of aliphatic hydroxyl groups excluding tert-OH is 1. The van der Waals surface area contributed by atoms with E-state index in [0.29, 0.717) is 68.4 Å². The number of fused-ring (bicyclic) bond motifs is 5. The van der Waals surface area contributed by atoms with Crippen molar-refractivity contribution in [2.75, 3.05) is 39.5 Å². The number of carboxylic acid groups (broad SMARTS) is 1. The molecule has 0 bridgehead atoms. The molecule has 0 amide bonds. The molecule has 4 aliphatic rings. The molecule has 0 heterocycles. The number of aliphatic carboxylic acids is 1. The lowest BCUT2D eigenvalue weighted by molar-refractivity contribution is -0.227. The molecule has 8 heteroatoms. The number of ether oxygens (including phenoxy) is 3. The number of carbonyl (C=O) groups is 1. The summed E-state index contributed by atoms with van der Waals surface area (Å²) in [6, 6.07) is 0. The lowest BCUT2D eigenvalue weighted by Crippen LogP contribution is -2.63. The highest BCUT2D eigenvalue weighted by Crippen LogP contribution is 2.69. The van der Waals surface area contributed by atoms with Gasteiger partial charge >= 0.3 is 5.97 Å². The number of hydrogen-bond acceptors (Lipinski definition) is 7. The lowest BCUT2D eigenvalue weighted by Gasteiger charge is -2.65. The van der Waals surface area contributed by atoms with Gasteiger partial charge < -0.3 is 35.9 Å². The fraction of sp³-hybridized carbons (Fsp3) is 0.970. The maximum atomic E-state index is 11.1. The Hall–Kier alpha value is -0.770. The zero-order valence-electron chi connectivity index (χ0n) is 26.1. The summed E-state index contributed by atoms with van der Waals surface area (Å²) in [5.74, 6) is 2.41. The van der Waals surface area contributed by atoms with Gasteiger partial charge in [0.05, 0.1) is 31.3 Å². The molecule has 4 rings (SSSR count). The molecule has 4 aliphatic carbocycles. The van der Waals surface area contributed by atoms with E-state index >= 15 is 0 Å². The molecule has 3 unspecified atom stereocenters. The third-order valence-electron chi connectivity index (χ3n) is 12.3. The second-order valence-electron chi connectivity index (χ2n) is 14.3. The molecule has 238 valence electrons. The maximum absolute atomic E-state index is 11.1. The molecule has 4 saturated carbocycles. The molecule has 0 spiro atoms. The highest BCUT2D eigenvalue weighted by molar-refractivity contribution is 5.66. The largest absolute Gasteiger partial charge is 0.481 e. The van der Waals surface area contributed by atoms with E-state index in [1.165, 1.54) is 12.8 Å². The Labute approximate surface area is 248 Å². The molecule has 4 fully saturated rings. The third kappa shape index (κ3) is 6.99. The predicted octanol–water partition coefficient (Wildman–Crippen LogP) is 4.60. The summed E-state index contributed by atoms with van der Waals surface area (Å²) in [5, 5.41) is 18.7. The molecule has 0 radical (unpaired) electrons. The smallest absolute Gasteiger partial charge is 0.305 e. The van der Waals surface area contributed by atoms with Gasteiger partial charge in [0.15, 0.2) is 0 Å². The first-order valence-corrected chi connectivity index (χ1v) is 16.8. The topological polar surface area (TPSA) is 137 Å². The van der Waals surface area contributed by atoms with Gasteiger partial charge in [0.25, 0.3) is 0 Å². The second kappa shape index (κ2) is 14.8. The van der Waals surface area contributed by atoms with Crippen LogP contribution in [0.4, 0.5) is 0 Å². The molecule has 0 aromatic heterocycles. The standard InChI is InChI=1S/C33H60N2O6/c1-22(7-4-15-36)25-8-9-26-31-27(21-29(33(25,26)3)41-17-6-14-35)32(2)12-10-24(39-18-11-30(37)38)19-23(32)20-28(31)40-16-5-13-34/h22-29,31,36H,4-21,34-35H2,1-3H3,(H,37,38)/t22-,23?,24-,25-,26+,27+,28-,29+,31?,32?,33-/m1/s1. The van der Waals surface area contributed by atoms with Crippen LogP contribution >= 0.6 is 0 Å². The molecule has 0 aromatic carbocycles. The van der Waals surface area contributed by atoms with Crippen LogP contribution in [-0.4, -0.2) is 74.0 Å². The van der Waals surface area contributed by atoms with Crippen LogP contribution in [0.15, 0.2) is 0 Å². The summed E-state index contributed by atoms with van der Waals surface area (Å²) in [4.78, 5) is 11.1. The van der Waals surface area contributed by atoms with E-state index in [1.807, 2.05) is 0 Å². The van der Waals surface area contributed by atoms with Gasteiger partial charge in [0.1, 0.15) is 0 Å². The highest BCUT2D eigenvalue weighted by Gasteiger charge is 2.66. The Balaban J connectivity index is 1.63. The zero-order chi connectivity index (χ0) is 29.6. The summed E-state index contributed by atoms with van der Waals surface area (Å²) in [5.41, 5.74) is 12.1. The normalized spacial score (nSPS) is 40.9. The van der Waals surface area contributed by atoms with Gasteiger partial charge in [-0.15, -0.1) is 0 Å². The molecular formula is C33H60N2O6. The Morgan fingerprint density at radius 3 is 2.34 bits per heavy atom. The van der Waals surface area contributed by atoms with Crippen molar-refractivity contribution in [2.24, 2.45) is 57.8 Å². The number of nitrogens with two attached hydrogens (primary N) is 2. The van der Waals surface area contributed by atoms with Crippen molar-refractivity contribution in [3.05, 3.63) is 0 Å². The van der Waals surface area contributed by atoms with E-state index in [0.717, 1.165) is 57.8 Å². The number of hydrogen-bond donors (Lipinski definition) is 4. The highest BCUT2D eigenvalue weighted by atomic mass is 16.5. The molecule has 0 aromatic rings. The maximum Gasteiger partial charge on any atom is 0.305 e.